The van der Waals surface area contributed by atoms with Crippen LogP contribution in [0, 0.1) is 29.6 Å². The molecular formula is C57H81N3O11S2. The maximum Gasteiger partial charge on any atom is 0.408 e. The Kier molecular flexibility index (Phi) is 20.2. The lowest BCUT2D eigenvalue weighted by Crippen LogP contribution is -2.48. The first-order valence-corrected chi connectivity index (χ1v) is 29.2. The normalized spacial score (nSPS) is 26.9. The third kappa shape index (κ3) is 14.4. The molecule has 0 spiro atoms. The molecule has 0 saturated heterocycles. The van der Waals surface area contributed by atoms with Crippen LogP contribution in [-0.2, 0) is 23.9 Å². The molecule has 8 rings (SSSR count). The van der Waals surface area contributed by atoms with Crippen LogP contribution in [0.1, 0.15) is 211 Å². The van der Waals surface area contributed by atoms with Crippen LogP contribution in [0.15, 0.2) is 24.3 Å². The summed E-state index contributed by atoms with van der Waals surface area (Å²) in [6.45, 7) is 8.10. The Bertz CT molecular complexity index is 2300. The summed E-state index contributed by atoms with van der Waals surface area (Å²) in [5.74, 6) is -1.42. The van der Waals surface area contributed by atoms with E-state index in [1.807, 2.05) is 30.9 Å². The van der Waals surface area contributed by atoms with Crippen molar-refractivity contribution in [2.75, 3.05) is 16.9 Å². The zero-order chi connectivity index (χ0) is 52.3. The van der Waals surface area contributed by atoms with E-state index in [4.69, 9.17) is 9.47 Å². The van der Waals surface area contributed by atoms with Crippen LogP contribution in [-0.4, -0.2) is 88.6 Å². The van der Waals surface area contributed by atoms with Gasteiger partial charge in [-0.15, -0.1) is 22.7 Å². The van der Waals surface area contributed by atoms with Gasteiger partial charge in [-0.3, -0.25) is 9.59 Å². The van der Waals surface area contributed by atoms with Crippen molar-refractivity contribution in [1.29, 1.82) is 0 Å². The zero-order valence-corrected chi connectivity index (χ0v) is 45.5. The van der Waals surface area contributed by atoms with Crippen LogP contribution in [0.3, 0.4) is 0 Å². The van der Waals surface area contributed by atoms with Crippen molar-refractivity contribution in [3.05, 3.63) is 43.8 Å². The summed E-state index contributed by atoms with van der Waals surface area (Å²) >= 11 is 2.60. The number of hydrogen-bond donors (Lipinski definition) is 4. The van der Waals surface area contributed by atoms with Gasteiger partial charge in [0.25, 0.3) is 0 Å². The Morgan fingerprint density at radius 2 is 1.04 bits per heavy atom. The number of anilines is 2. The van der Waals surface area contributed by atoms with Crippen molar-refractivity contribution in [1.82, 2.24) is 5.32 Å². The number of amides is 3. The van der Waals surface area contributed by atoms with Gasteiger partial charge < -0.3 is 39.9 Å². The first kappa shape index (κ1) is 56.2. The minimum atomic E-state index is -1.01. The Morgan fingerprint density at radius 3 is 1.41 bits per heavy atom. The molecule has 6 aliphatic rings. The van der Waals surface area contributed by atoms with Gasteiger partial charge in [0, 0.05) is 33.7 Å². The number of rotatable bonds is 14. The van der Waals surface area contributed by atoms with Gasteiger partial charge in [-0.1, -0.05) is 39.8 Å². The van der Waals surface area contributed by atoms with Crippen LogP contribution < -0.4 is 15.1 Å². The highest BCUT2D eigenvalue weighted by Crippen LogP contribution is 2.44. The van der Waals surface area contributed by atoms with Gasteiger partial charge in [0.2, 0.25) is 11.8 Å². The van der Waals surface area contributed by atoms with E-state index in [2.05, 4.69) is 31.3 Å². The first-order chi connectivity index (χ1) is 35.0. The minimum Gasteiger partial charge on any atom is -0.477 e. The summed E-state index contributed by atoms with van der Waals surface area (Å²) < 4.78 is 10.5. The summed E-state index contributed by atoms with van der Waals surface area (Å²) in [7, 11) is 1.28. The van der Waals surface area contributed by atoms with E-state index >= 15 is 0 Å². The second-order valence-corrected chi connectivity index (χ2v) is 24.3. The number of nitrogens with zero attached hydrogens (tertiary/aromatic N) is 2. The van der Waals surface area contributed by atoms with Crippen LogP contribution in [0.25, 0.3) is 11.1 Å². The molecule has 16 heteroatoms. The number of thiophene rings is 2. The minimum absolute atomic E-state index is 0.0198. The largest absolute Gasteiger partial charge is 0.477 e. The predicted octanol–water partition coefficient (Wildman–Crippen LogP) is 12.7. The number of ether oxygens (including phenoxy) is 2. The van der Waals surface area contributed by atoms with Gasteiger partial charge in [-0.2, -0.15) is 0 Å². The lowest BCUT2D eigenvalue weighted by Gasteiger charge is -2.39. The number of aliphatic hydroxyl groups is 1. The van der Waals surface area contributed by atoms with Gasteiger partial charge in [0.1, 0.15) is 21.9 Å². The second-order valence-electron chi connectivity index (χ2n) is 22.2. The van der Waals surface area contributed by atoms with E-state index in [1.165, 1.54) is 47.4 Å². The van der Waals surface area contributed by atoms with Crippen molar-refractivity contribution in [3.8, 4) is 0 Å². The highest BCUT2D eigenvalue weighted by atomic mass is 32.1. The maximum atomic E-state index is 14.2. The Morgan fingerprint density at radius 1 is 0.616 bits per heavy atom. The standard InChI is InChI=1S/C32H46N2O7S.C25H35NO4S/c1-19(2)27(31(38)40-4)33-32(39)41-24-16-14-23(15-17-24)34(29(35)22-12-10-20(3)11-13-22)25-18-26(42-28(25)30(36)37)21-8-6-5-7-9-21;1-16-7-9-18(10-8-16)24(28)26(19-11-13-20(27)14-12-19)21-15-22(31-23(21)25(29)30)17-5-3-2-4-6-17/h8,18-20,22-24,27H,5-7,9-17H2,1-4H3,(H,33,39)(H,36,37);5,15-16,18-20,27H,2-4,6-14H2,1H3,(H,29,30). The summed E-state index contributed by atoms with van der Waals surface area (Å²) in [6, 6.07) is 2.89. The molecule has 14 nitrogen and oxygen atoms in total. The number of carboxylic acid groups (broad SMARTS) is 2. The quantitative estimate of drug-likeness (QED) is 0.131. The molecule has 3 amide bonds. The molecule has 2 aromatic heterocycles. The van der Waals surface area contributed by atoms with Crippen molar-refractivity contribution < 1.29 is 53.6 Å². The van der Waals surface area contributed by atoms with Gasteiger partial charge in [0.15, 0.2) is 0 Å². The first-order valence-electron chi connectivity index (χ1n) is 27.5. The third-order valence-corrected chi connectivity index (χ3v) is 18.8. The number of aromatic carboxylic acids is 2. The number of alkyl carbamates (subject to hydrolysis) is 1. The molecule has 1 atom stereocenters. The van der Waals surface area contributed by atoms with Gasteiger partial charge in [-0.05, 0) is 195 Å². The number of methoxy groups -OCH3 is 1. The molecule has 4 saturated carbocycles. The predicted molar refractivity (Wildman–Crippen MR) is 287 cm³/mol. The molecule has 402 valence electrons. The highest BCUT2D eigenvalue weighted by Gasteiger charge is 2.40. The fourth-order valence-electron chi connectivity index (χ4n) is 11.9. The molecule has 2 heterocycles. The van der Waals surface area contributed by atoms with E-state index in [-0.39, 0.29) is 63.6 Å². The number of carboxylic acids is 2. The molecular weight excluding hydrogens is 967 g/mol. The maximum absolute atomic E-state index is 14.2. The van der Waals surface area contributed by atoms with Crippen LogP contribution in [0.2, 0.25) is 0 Å². The van der Waals surface area contributed by atoms with Crippen LogP contribution in [0.5, 0.6) is 0 Å². The highest BCUT2D eigenvalue weighted by molar-refractivity contribution is 7.16. The monoisotopic (exact) mass is 1050 g/mol. The topological polar surface area (TPSA) is 200 Å². The lowest BCUT2D eigenvalue weighted by molar-refractivity contribution is -0.144. The number of nitrogens with one attached hydrogen (secondary N) is 1. The molecule has 1 unspecified atom stereocenters. The van der Waals surface area contributed by atoms with Crippen molar-refractivity contribution in [2.24, 2.45) is 29.6 Å². The molecule has 0 aliphatic heterocycles. The summed E-state index contributed by atoms with van der Waals surface area (Å²) in [4.78, 5) is 83.4. The number of carbonyl (C=O) groups excluding carboxylic acids is 4. The number of hydrogen-bond acceptors (Lipinski definition) is 11. The summed E-state index contributed by atoms with van der Waals surface area (Å²) in [5, 5.41) is 32.9. The van der Waals surface area contributed by atoms with Crippen molar-refractivity contribution in [2.45, 2.75) is 212 Å². The van der Waals surface area contributed by atoms with Gasteiger partial charge in [0.05, 0.1) is 24.6 Å². The third-order valence-electron chi connectivity index (χ3n) is 16.5. The van der Waals surface area contributed by atoms with Crippen molar-refractivity contribution in [3.63, 3.8) is 0 Å². The second kappa shape index (κ2) is 26.3. The molecule has 6 aliphatic carbocycles. The number of aliphatic hydroxyl groups excluding tert-OH is 1. The number of esters is 1. The zero-order valence-electron chi connectivity index (χ0n) is 43.9. The Balaban J connectivity index is 0.000000223. The smallest absolute Gasteiger partial charge is 0.408 e. The number of allylic oxidation sites excluding steroid dienone is 4. The summed E-state index contributed by atoms with van der Waals surface area (Å²) in [6.07, 6.45) is 24.1. The van der Waals surface area contributed by atoms with Crippen molar-refractivity contribution >= 4 is 81.0 Å². The Labute approximate surface area is 440 Å². The van der Waals surface area contributed by atoms with Crippen LogP contribution >= 0.6 is 22.7 Å². The molecule has 0 aromatic carbocycles. The van der Waals surface area contributed by atoms with E-state index < -0.39 is 30.0 Å². The average Bonchev–Trinajstić information content (AvgIpc) is 4.04. The fraction of sp³-hybridized carbons (Fsp3) is 0.684. The lowest BCUT2D eigenvalue weighted by atomic mass is 9.81. The molecule has 2 aromatic rings. The molecule has 73 heavy (non-hydrogen) atoms. The fourth-order valence-corrected chi connectivity index (χ4v) is 14.1. The number of carbonyl (C=O) groups is 6. The SMILES string of the molecule is CC1CCC(C(=O)N(c2cc(C3=CCCCC3)sc2C(=O)O)C2CCC(O)CC2)CC1.COC(=O)C(NC(=O)OC1CCC(N(C(=O)C2CCC(C)CC2)c2cc(C3=CCCCC3)sc2C(=O)O)CC1)C(C)C. The van der Waals surface area contributed by atoms with E-state index in [0.717, 1.165) is 119 Å². The van der Waals surface area contributed by atoms with E-state index in [9.17, 15) is 44.1 Å². The molecule has 0 radical (unpaired) electrons. The van der Waals surface area contributed by atoms with E-state index in [0.29, 0.717) is 61.7 Å². The Hall–Kier alpha value is -4.54. The average molecular weight is 1050 g/mol. The van der Waals surface area contributed by atoms with Gasteiger partial charge >= 0.3 is 24.0 Å². The molecule has 4 fully saturated rings. The molecule has 0 bridgehead atoms. The molecule has 4 N–H and O–H groups in total. The van der Waals surface area contributed by atoms with Crippen LogP contribution in [0.4, 0.5) is 16.2 Å². The van der Waals surface area contributed by atoms with E-state index in [1.54, 1.807) is 4.90 Å². The summed E-state index contributed by atoms with van der Waals surface area (Å²) in [5.41, 5.74) is 3.50. The van der Waals surface area contributed by atoms with Gasteiger partial charge in [-0.25, -0.2) is 19.2 Å².